The van der Waals surface area contributed by atoms with Crippen LogP contribution < -0.4 is 0 Å². The number of halogens is 1. The van der Waals surface area contributed by atoms with Gasteiger partial charge in [-0.3, -0.25) is 0 Å². The minimum atomic E-state index is 0.532. The molecule has 0 amide bonds. The first-order valence-electron chi connectivity index (χ1n) is 11.5. The summed E-state index contributed by atoms with van der Waals surface area (Å²) in [6, 6.07) is 4.86. The van der Waals surface area contributed by atoms with E-state index in [0.717, 1.165) is 0 Å². The summed E-state index contributed by atoms with van der Waals surface area (Å²) in [5.41, 5.74) is 6.84. The molecule has 0 heterocycles. The summed E-state index contributed by atoms with van der Waals surface area (Å²) in [5, 5.41) is 0. The lowest BCUT2D eigenvalue weighted by Gasteiger charge is -2.22. The van der Waals surface area contributed by atoms with Gasteiger partial charge in [0.1, 0.15) is 0 Å². The van der Waals surface area contributed by atoms with Gasteiger partial charge in [0.05, 0.1) is 0 Å². The fraction of sp³-hybridized carbons (Fsp3) is 0.769. The fourth-order valence-corrected chi connectivity index (χ4v) is 4.72. The van der Waals surface area contributed by atoms with Crippen LogP contribution in [-0.2, 0) is 12.8 Å². The largest absolute Gasteiger partial charge is 0.0789 e. The van der Waals surface area contributed by atoms with Crippen molar-refractivity contribution in [3.63, 3.8) is 0 Å². The third kappa shape index (κ3) is 8.07. The molecule has 0 atom stereocenters. The maximum atomic E-state index is 2.69. The summed E-state index contributed by atoms with van der Waals surface area (Å²) in [4.78, 5) is 0. The Morgan fingerprint density at radius 3 is 1.85 bits per heavy atom. The lowest BCUT2D eigenvalue weighted by atomic mass is 9.84. The van der Waals surface area contributed by atoms with Crippen LogP contribution in [0.15, 0.2) is 12.1 Å². The van der Waals surface area contributed by atoms with Crippen molar-refractivity contribution < 1.29 is 0 Å². The van der Waals surface area contributed by atoms with E-state index < -0.39 is 0 Å². The Bertz CT molecular complexity index is 580. The lowest BCUT2D eigenvalue weighted by Crippen LogP contribution is -2.08. The zero-order valence-electron chi connectivity index (χ0n) is 18.7. The molecule has 154 valence electrons. The van der Waals surface area contributed by atoms with Crippen LogP contribution in [0.25, 0.3) is 0 Å². The van der Waals surface area contributed by atoms with Crippen molar-refractivity contribution in [3.05, 3.63) is 34.4 Å². The zero-order chi connectivity index (χ0) is 19.9. The van der Waals surface area contributed by atoms with Gasteiger partial charge in [-0.05, 0) is 92.9 Å². The van der Waals surface area contributed by atoms with Gasteiger partial charge in [0.15, 0.2) is 0 Å². The lowest BCUT2D eigenvalue weighted by molar-refractivity contribution is 0.308. The molecule has 1 aliphatic rings. The van der Waals surface area contributed by atoms with Gasteiger partial charge in [-0.15, -0.1) is 0 Å². The summed E-state index contributed by atoms with van der Waals surface area (Å²) >= 11 is 2.69. The average Bonchev–Trinajstić information content (AvgIpc) is 3.37. The van der Waals surface area contributed by atoms with Crippen molar-refractivity contribution in [1.29, 1.82) is 0 Å². The van der Waals surface area contributed by atoms with Gasteiger partial charge >= 0.3 is 0 Å². The molecule has 1 aromatic rings. The van der Waals surface area contributed by atoms with Gasteiger partial charge in [-0.2, -0.15) is 0 Å². The molecule has 0 saturated heterocycles. The molecule has 1 aromatic carbocycles. The molecule has 27 heavy (non-hydrogen) atoms. The molecule has 2 rings (SSSR count). The monoisotopic (exact) mass is 482 g/mol. The highest BCUT2D eigenvalue weighted by atomic mass is 127. The first-order chi connectivity index (χ1) is 12.8. The second kappa shape index (κ2) is 10.6. The molecule has 1 aliphatic carbocycles. The Morgan fingerprint density at radius 1 is 0.852 bits per heavy atom. The Balaban J connectivity index is 1.70. The van der Waals surface area contributed by atoms with Crippen LogP contribution in [0.2, 0.25) is 0 Å². The molecule has 0 spiro atoms. The standard InChI is InChI=1S/C26H43I/c1-6-25(4,5)17-11-7-9-13-23-15-16-24(22(3)21(23)2)14-10-8-12-18-26(27)19-20-26/h15-16H,6-14,17-20H2,1-5H3. The number of hydrogen-bond donors (Lipinski definition) is 0. The third-order valence-corrected chi connectivity index (χ3v) is 8.75. The summed E-state index contributed by atoms with van der Waals surface area (Å²) in [6.45, 7) is 11.8. The minimum Gasteiger partial charge on any atom is -0.0789 e. The maximum Gasteiger partial charge on any atom is 0.0223 e. The Kier molecular flexibility index (Phi) is 9.16. The van der Waals surface area contributed by atoms with Crippen LogP contribution in [-0.4, -0.2) is 3.42 Å². The zero-order valence-corrected chi connectivity index (χ0v) is 20.9. The number of benzene rings is 1. The number of hydrogen-bond acceptors (Lipinski definition) is 0. The molecule has 1 heteroatoms. The van der Waals surface area contributed by atoms with Crippen LogP contribution in [0.5, 0.6) is 0 Å². The number of aryl methyl sites for hydroxylation is 2. The highest BCUT2D eigenvalue weighted by Gasteiger charge is 2.38. The fourth-order valence-electron chi connectivity index (χ4n) is 4.07. The highest BCUT2D eigenvalue weighted by Crippen LogP contribution is 2.49. The summed E-state index contributed by atoms with van der Waals surface area (Å²) in [5.74, 6) is 0. The van der Waals surface area contributed by atoms with E-state index in [9.17, 15) is 0 Å². The van der Waals surface area contributed by atoms with Crippen molar-refractivity contribution in [2.75, 3.05) is 0 Å². The smallest absolute Gasteiger partial charge is 0.0223 e. The van der Waals surface area contributed by atoms with Crippen molar-refractivity contribution in [3.8, 4) is 0 Å². The number of unbranched alkanes of at least 4 members (excludes halogenated alkanes) is 4. The summed E-state index contributed by atoms with van der Waals surface area (Å²) in [7, 11) is 0. The first-order valence-corrected chi connectivity index (χ1v) is 12.6. The number of alkyl halides is 1. The molecule has 1 saturated carbocycles. The molecule has 0 nitrogen and oxygen atoms in total. The molecule has 0 aromatic heterocycles. The topological polar surface area (TPSA) is 0 Å². The van der Waals surface area contributed by atoms with Gasteiger partial charge in [-0.1, -0.05) is 87.6 Å². The second-order valence-corrected chi connectivity index (χ2v) is 12.2. The van der Waals surface area contributed by atoms with Gasteiger partial charge in [0, 0.05) is 3.42 Å². The van der Waals surface area contributed by atoms with Crippen LogP contribution in [0.1, 0.15) is 114 Å². The van der Waals surface area contributed by atoms with Crippen LogP contribution in [0.3, 0.4) is 0 Å². The van der Waals surface area contributed by atoms with E-state index >= 15 is 0 Å². The molecule has 0 radical (unpaired) electrons. The molecule has 0 aliphatic heterocycles. The summed E-state index contributed by atoms with van der Waals surface area (Å²) in [6.07, 6.45) is 17.9. The van der Waals surface area contributed by atoms with Gasteiger partial charge < -0.3 is 0 Å². The predicted molar refractivity (Wildman–Crippen MR) is 130 cm³/mol. The Labute approximate surface area is 183 Å². The van der Waals surface area contributed by atoms with E-state index in [-0.39, 0.29) is 0 Å². The SMILES string of the molecule is CCC(C)(C)CCCCCc1ccc(CCCCCC2(I)CC2)c(C)c1C. The Morgan fingerprint density at radius 2 is 1.37 bits per heavy atom. The highest BCUT2D eigenvalue weighted by molar-refractivity contribution is 14.1. The van der Waals surface area contributed by atoms with Crippen LogP contribution >= 0.6 is 22.6 Å². The van der Waals surface area contributed by atoms with Crippen LogP contribution in [0.4, 0.5) is 0 Å². The van der Waals surface area contributed by atoms with Crippen molar-refractivity contribution in [2.24, 2.45) is 5.41 Å². The normalized spacial score (nSPS) is 15.9. The molecule has 0 N–H and O–H groups in total. The predicted octanol–water partition coefficient (Wildman–Crippen LogP) is 8.91. The van der Waals surface area contributed by atoms with E-state index in [4.69, 9.17) is 0 Å². The van der Waals surface area contributed by atoms with Crippen LogP contribution in [0, 0.1) is 19.3 Å². The molecule has 0 bridgehead atoms. The van der Waals surface area contributed by atoms with E-state index in [0.29, 0.717) is 8.84 Å². The minimum absolute atomic E-state index is 0.532. The molecular formula is C26H43I. The maximum absolute atomic E-state index is 2.69. The molecular weight excluding hydrogens is 439 g/mol. The second-order valence-electron chi connectivity index (χ2n) is 9.92. The quantitative estimate of drug-likeness (QED) is 0.150. The third-order valence-electron chi connectivity index (χ3n) is 7.13. The van der Waals surface area contributed by atoms with Gasteiger partial charge in [0.25, 0.3) is 0 Å². The van der Waals surface area contributed by atoms with E-state index in [2.05, 4.69) is 69.3 Å². The first kappa shape index (κ1) is 23.2. The molecule has 1 fully saturated rings. The van der Waals surface area contributed by atoms with Gasteiger partial charge in [0.2, 0.25) is 0 Å². The van der Waals surface area contributed by atoms with Crippen molar-refractivity contribution >= 4 is 22.6 Å². The number of rotatable bonds is 13. The molecule has 0 unspecified atom stereocenters. The van der Waals surface area contributed by atoms with Crippen molar-refractivity contribution in [2.45, 2.75) is 122 Å². The van der Waals surface area contributed by atoms with E-state index in [1.165, 1.54) is 83.5 Å². The van der Waals surface area contributed by atoms with E-state index in [1.807, 2.05) is 0 Å². The Hall–Kier alpha value is -0.0500. The average molecular weight is 483 g/mol. The summed E-state index contributed by atoms with van der Waals surface area (Å²) < 4.78 is 0.707. The van der Waals surface area contributed by atoms with Crippen molar-refractivity contribution in [1.82, 2.24) is 0 Å². The van der Waals surface area contributed by atoms with E-state index in [1.54, 1.807) is 22.3 Å². The van der Waals surface area contributed by atoms with Gasteiger partial charge in [-0.25, -0.2) is 0 Å².